The van der Waals surface area contributed by atoms with Crippen LogP contribution in [-0.2, 0) is 0 Å². The molecule has 3 heterocycles. The third-order valence-electron chi connectivity index (χ3n) is 4.17. The zero-order chi connectivity index (χ0) is 18.4. The molecule has 0 saturated carbocycles. The average Bonchev–Trinajstić information content (AvgIpc) is 3.24. The highest BCUT2D eigenvalue weighted by Gasteiger charge is 2.16. The molecule has 26 heavy (non-hydrogen) atoms. The van der Waals surface area contributed by atoms with Gasteiger partial charge < -0.3 is 9.51 Å². The van der Waals surface area contributed by atoms with E-state index in [4.69, 9.17) is 4.52 Å². The summed E-state index contributed by atoms with van der Waals surface area (Å²) in [4.78, 5) is 32.1. The monoisotopic (exact) mass is 368 g/mol. The standard InChI is InChI=1S/C18H16N4O3S/c1-9(2)22-13-5-4-11(8-12(13)19-16(23)18(22)24)15-20-17(25-21-15)14-10(3)6-7-26-14/h4-9H,1-3H3,(H,19,23). The topological polar surface area (TPSA) is 93.8 Å². The lowest BCUT2D eigenvalue weighted by Gasteiger charge is -2.13. The first-order chi connectivity index (χ1) is 12.5. The van der Waals surface area contributed by atoms with Gasteiger partial charge in [0, 0.05) is 11.6 Å². The highest BCUT2D eigenvalue weighted by molar-refractivity contribution is 7.13. The molecule has 7 nitrogen and oxygen atoms in total. The van der Waals surface area contributed by atoms with Gasteiger partial charge in [-0.15, -0.1) is 11.3 Å². The zero-order valence-corrected chi connectivity index (χ0v) is 15.3. The van der Waals surface area contributed by atoms with Gasteiger partial charge in [0.15, 0.2) is 0 Å². The molecular weight excluding hydrogens is 352 g/mol. The number of thiophene rings is 1. The summed E-state index contributed by atoms with van der Waals surface area (Å²) in [5.74, 6) is 0.895. The maximum atomic E-state index is 12.1. The van der Waals surface area contributed by atoms with Crippen LogP contribution in [0, 0.1) is 6.92 Å². The van der Waals surface area contributed by atoms with Crippen molar-refractivity contribution in [3.05, 3.63) is 55.9 Å². The molecule has 0 spiro atoms. The lowest BCUT2D eigenvalue weighted by Crippen LogP contribution is -2.37. The molecule has 0 aliphatic heterocycles. The molecule has 1 aromatic carbocycles. The van der Waals surface area contributed by atoms with Crippen molar-refractivity contribution in [2.24, 2.45) is 0 Å². The number of aromatic nitrogens is 4. The second-order valence-electron chi connectivity index (χ2n) is 6.31. The summed E-state index contributed by atoms with van der Waals surface area (Å²) < 4.78 is 6.86. The largest absolute Gasteiger partial charge is 0.333 e. The van der Waals surface area contributed by atoms with Gasteiger partial charge in [0.1, 0.15) is 0 Å². The van der Waals surface area contributed by atoms with Crippen LogP contribution in [0.4, 0.5) is 0 Å². The molecule has 4 rings (SSSR count). The third-order valence-corrected chi connectivity index (χ3v) is 5.18. The summed E-state index contributed by atoms with van der Waals surface area (Å²) in [7, 11) is 0. The quantitative estimate of drug-likeness (QED) is 0.560. The Hall–Kier alpha value is -3.00. The first kappa shape index (κ1) is 16.5. The summed E-state index contributed by atoms with van der Waals surface area (Å²) in [6.45, 7) is 5.72. The van der Waals surface area contributed by atoms with Gasteiger partial charge in [-0.2, -0.15) is 4.98 Å². The number of benzene rings is 1. The van der Waals surface area contributed by atoms with Gasteiger partial charge in [0.25, 0.3) is 5.89 Å². The van der Waals surface area contributed by atoms with Crippen molar-refractivity contribution < 1.29 is 4.52 Å². The number of nitrogens with one attached hydrogen (secondary N) is 1. The van der Waals surface area contributed by atoms with Crippen LogP contribution in [0.5, 0.6) is 0 Å². The van der Waals surface area contributed by atoms with Gasteiger partial charge >= 0.3 is 11.1 Å². The molecule has 0 amide bonds. The Kier molecular flexibility index (Phi) is 3.84. The highest BCUT2D eigenvalue weighted by Crippen LogP contribution is 2.30. The van der Waals surface area contributed by atoms with E-state index >= 15 is 0 Å². The number of hydrogen-bond acceptors (Lipinski definition) is 6. The predicted molar refractivity (Wildman–Crippen MR) is 101 cm³/mol. The van der Waals surface area contributed by atoms with Crippen molar-refractivity contribution in [2.45, 2.75) is 26.8 Å². The summed E-state index contributed by atoms with van der Waals surface area (Å²) in [5, 5.41) is 6.02. The lowest BCUT2D eigenvalue weighted by atomic mass is 10.1. The van der Waals surface area contributed by atoms with E-state index in [2.05, 4.69) is 15.1 Å². The van der Waals surface area contributed by atoms with Gasteiger partial charge in [-0.3, -0.25) is 14.2 Å². The average molecular weight is 368 g/mol. The Morgan fingerprint density at radius 3 is 2.73 bits per heavy atom. The zero-order valence-electron chi connectivity index (χ0n) is 14.4. The van der Waals surface area contributed by atoms with Crippen molar-refractivity contribution in [2.75, 3.05) is 0 Å². The van der Waals surface area contributed by atoms with Crippen molar-refractivity contribution in [1.29, 1.82) is 0 Å². The fraction of sp³-hybridized carbons (Fsp3) is 0.222. The molecule has 132 valence electrons. The maximum absolute atomic E-state index is 12.1. The van der Waals surface area contributed by atoms with Gasteiger partial charge in [-0.25, -0.2) is 0 Å². The summed E-state index contributed by atoms with van der Waals surface area (Å²) in [6.07, 6.45) is 0. The van der Waals surface area contributed by atoms with Crippen LogP contribution in [0.1, 0.15) is 25.5 Å². The molecule has 1 N–H and O–H groups in total. The predicted octanol–water partition coefficient (Wildman–Crippen LogP) is 3.36. The minimum absolute atomic E-state index is 0.128. The summed E-state index contributed by atoms with van der Waals surface area (Å²) >= 11 is 1.54. The normalized spacial score (nSPS) is 11.5. The Labute approximate surface area is 151 Å². The molecule has 3 aromatic heterocycles. The van der Waals surface area contributed by atoms with E-state index in [1.807, 2.05) is 38.3 Å². The number of rotatable bonds is 3. The molecule has 0 aliphatic carbocycles. The number of H-pyrrole nitrogens is 1. The van der Waals surface area contributed by atoms with E-state index in [0.717, 1.165) is 10.4 Å². The first-order valence-electron chi connectivity index (χ1n) is 8.13. The van der Waals surface area contributed by atoms with Gasteiger partial charge in [0.2, 0.25) is 5.82 Å². The minimum atomic E-state index is -0.647. The van der Waals surface area contributed by atoms with E-state index in [-0.39, 0.29) is 6.04 Å². The van der Waals surface area contributed by atoms with E-state index in [1.165, 1.54) is 4.57 Å². The van der Waals surface area contributed by atoms with Crippen molar-refractivity contribution in [3.63, 3.8) is 0 Å². The van der Waals surface area contributed by atoms with E-state index in [0.29, 0.717) is 28.3 Å². The van der Waals surface area contributed by atoms with Gasteiger partial charge in [0.05, 0.1) is 15.9 Å². The Morgan fingerprint density at radius 2 is 2.04 bits per heavy atom. The van der Waals surface area contributed by atoms with Crippen LogP contribution in [0.3, 0.4) is 0 Å². The minimum Gasteiger partial charge on any atom is -0.333 e. The van der Waals surface area contributed by atoms with E-state index in [1.54, 1.807) is 23.5 Å². The highest BCUT2D eigenvalue weighted by atomic mass is 32.1. The number of aryl methyl sites for hydroxylation is 1. The fourth-order valence-corrected chi connectivity index (χ4v) is 3.76. The van der Waals surface area contributed by atoms with Gasteiger partial charge in [-0.05, 0) is 56.0 Å². The molecule has 0 unspecified atom stereocenters. The maximum Gasteiger partial charge on any atom is 0.316 e. The Balaban J connectivity index is 1.85. The molecule has 0 radical (unpaired) electrons. The summed E-state index contributed by atoms with van der Waals surface area (Å²) in [6, 6.07) is 7.22. The number of nitrogens with zero attached hydrogens (tertiary/aromatic N) is 3. The molecule has 0 aliphatic rings. The second kappa shape index (κ2) is 6.06. The van der Waals surface area contributed by atoms with Crippen molar-refractivity contribution in [1.82, 2.24) is 19.7 Å². The lowest BCUT2D eigenvalue weighted by molar-refractivity contribution is 0.433. The van der Waals surface area contributed by atoms with Crippen LogP contribution in [-0.4, -0.2) is 19.7 Å². The van der Waals surface area contributed by atoms with Crippen LogP contribution >= 0.6 is 11.3 Å². The Bertz CT molecular complexity index is 1230. The van der Waals surface area contributed by atoms with Crippen LogP contribution in [0.2, 0.25) is 0 Å². The Morgan fingerprint density at radius 1 is 1.23 bits per heavy atom. The second-order valence-corrected chi connectivity index (χ2v) is 7.23. The van der Waals surface area contributed by atoms with Crippen molar-refractivity contribution >= 4 is 22.4 Å². The van der Waals surface area contributed by atoms with Crippen LogP contribution < -0.4 is 11.1 Å². The summed E-state index contributed by atoms with van der Waals surface area (Å²) in [5.41, 5.74) is 1.78. The molecular formula is C18H16N4O3S. The molecule has 4 aromatic rings. The van der Waals surface area contributed by atoms with Crippen LogP contribution in [0.15, 0.2) is 43.8 Å². The fourth-order valence-electron chi connectivity index (χ4n) is 2.92. The van der Waals surface area contributed by atoms with Crippen LogP contribution in [0.25, 0.3) is 33.2 Å². The first-order valence-corrected chi connectivity index (χ1v) is 9.01. The SMILES string of the molecule is Cc1ccsc1-c1nc(-c2ccc3c(c2)[nH]c(=O)c(=O)n3C(C)C)no1. The molecule has 0 atom stereocenters. The smallest absolute Gasteiger partial charge is 0.316 e. The van der Waals surface area contributed by atoms with Gasteiger partial charge in [-0.1, -0.05) is 5.16 Å². The van der Waals surface area contributed by atoms with E-state index < -0.39 is 11.1 Å². The van der Waals surface area contributed by atoms with Crippen molar-refractivity contribution in [3.8, 4) is 22.2 Å². The number of hydrogen-bond donors (Lipinski definition) is 1. The molecule has 0 fully saturated rings. The molecule has 0 bridgehead atoms. The third kappa shape index (κ3) is 2.59. The molecule has 8 heteroatoms. The number of fused-ring (bicyclic) bond motifs is 1. The number of aromatic amines is 1. The van der Waals surface area contributed by atoms with E-state index in [9.17, 15) is 9.59 Å². The molecule has 0 saturated heterocycles.